The van der Waals surface area contributed by atoms with Gasteiger partial charge in [-0.2, -0.15) is 0 Å². The molecule has 1 nitrogen and oxygen atoms in total. The van der Waals surface area contributed by atoms with E-state index in [0.717, 1.165) is 0 Å². The van der Waals surface area contributed by atoms with E-state index in [1.54, 1.807) is 5.57 Å². The summed E-state index contributed by atoms with van der Waals surface area (Å²) in [7, 11) is 0. The molecule has 0 amide bonds. The van der Waals surface area contributed by atoms with Crippen LogP contribution in [0, 0.1) is 0 Å². The van der Waals surface area contributed by atoms with Gasteiger partial charge < -0.3 is 5.32 Å². The van der Waals surface area contributed by atoms with Gasteiger partial charge in [0.25, 0.3) is 0 Å². The van der Waals surface area contributed by atoms with Crippen LogP contribution in [0.4, 0.5) is 0 Å². The molecule has 1 heterocycles. The third kappa shape index (κ3) is 1.53. The van der Waals surface area contributed by atoms with Gasteiger partial charge in [0, 0.05) is 11.7 Å². The molecular weight excluding hydrogens is 122 g/mol. The molecule has 0 fully saturated rings. The molecule has 1 heteroatoms. The minimum Gasteiger partial charge on any atom is -0.386 e. The lowest BCUT2D eigenvalue weighted by Gasteiger charge is -2.24. The van der Waals surface area contributed by atoms with Crippen LogP contribution in [0.2, 0.25) is 0 Å². The zero-order chi connectivity index (χ0) is 7.56. The predicted molar refractivity (Wildman–Crippen MR) is 44.8 cm³/mol. The minimum absolute atomic E-state index is 0.690. The Kier molecular flexibility index (Phi) is 2.36. The van der Waals surface area contributed by atoms with Crippen LogP contribution in [0.1, 0.15) is 40.0 Å². The summed E-state index contributed by atoms with van der Waals surface area (Å²) in [6, 6.07) is 0.690. The largest absolute Gasteiger partial charge is 0.386 e. The maximum absolute atomic E-state index is 3.46. The Bertz CT molecular complexity index is 147. The average Bonchev–Trinajstić information content (AvgIpc) is 1.88. The van der Waals surface area contributed by atoms with Crippen molar-refractivity contribution in [2.24, 2.45) is 0 Å². The quantitative estimate of drug-likeness (QED) is 0.588. The van der Waals surface area contributed by atoms with Crippen LogP contribution >= 0.6 is 0 Å². The molecular formula is C9H17N. The lowest BCUT2D eigenvalue weighted by molar-refractivity contribution is 0.520. The topological polar surface area (TPSA) is 12.0 Å². The van der Waals surface area contributed by atoms with E-state index in [1.807, 2.05) is 0 Å². The average molecular weight is 139 g/mol. The Balaban J connectivity index is 2.61. The highest BCUT2D eigenvalue weighted by Gasteiger charge is 2.11. The van der Waals surface area contributed by atoms with Gasteiger partial charge in [-0.3, -0.25) is 0 Å². The summed E-state index contributed by atoms with van der Waals surface area (Å²) in [6.45, 7) is 6.67. The summed E-state index contributed by atoms with van der Waals surface area (Å²) in [4.78, 5) is 0. The van der Waals surface area contributed by atoms with Gasteiger partial charge >= 0.3 is 0 Å². The van der Waals surface area contributed by atoms with E-state index >= 15 is 0 Å². The van der Waals surface area contributed by atoms with Crippen LogP contribution < -0.4 is 5.32 Å². The van der Waals surface area contributed by atoms with Crippen LogP contribution in [0.25, 0.3) is 0 Å². The molecule has 0 aromatic heterocycles. The standard InChI is InChI=1S/C9H17N/c1-4-9-6-5-7(2)10-8(9)3/h7,10H,4-6H2,1-3H3. The summed E-state index contributed by atoms with van der Waals surface area (Å²) >= 11 is 0. The summed E-state index contributed by atoms with van der Waals surface area (Å²) < 4.78 is 0. The van der Waals surface area contributed by atoms with Crippen molar-refractivity contribution in [1.82, 2.24) is 5.32 Å². The first-order chi connectivity index (χ1) is 4.74. The zero-order valence-corrected chi connectivity index (χ0v) is 7.20. The number of hydrogen-bond acceptors (Lipinski definition) is 1. The van der Waals surface area contributed by atoms with Crippen molar-refractivity contribution in [1.29, 1.82) is 0 Å². The van der Waals surface area contributed by atoms with Crippen molar-refractivity contribution >= 4 is 0 Å². The van der Waals surface area contributed by atoms with Crippen molar-refractivity contribution in [3.8, 4) is 0 Å². The third-order valence-corrected chi connectivity index (χ3v) is 2.30. The Morgan fingerprint density at radius 1 is 1.60 bits per heavy atom. The molecule has 10 heavy (non-hydrogen) atoms. The Hall–Kier alpha value is -0.460. The van der Waals surface area contributed by atoms with Crippen LogP contribution in [0.5, 0.6) is 0 Å². The van der Waals surface area contributed by atoms with Gasteiger partial charge in [0.05, 0.1) is 0 Å². The molecule has 1 aliphatic rings. The molecule has 0 saturated heterocycles. The number of allylic oxidation sites excluding steroid dienone is 2. The van der Waals surface area contributed by atoms with Crippen LogP contribution in [-0.4, -0.2) is 6.04 Å². The molecule has 0 saturated carbocycles. The van der Waals surface area contributed by atoms with Crippen molar-refractivity contribution in [2.75, 3.05) is 0 Å². The van der Waals surface area contributed by atoms with Crippen molar-refractivity contribution in [3.05, 3.63) is 11.3 Å². The van der Waals surface area contributed by atoms with Gasteiger partial charge in [-0.05, 0) is 33.1 Å². The summed E-state index contributed by atoms with van der Waals surface area (Å²) in [6.07, 6.45) is 3.82. The van der Waals surface area contributed by atoms with E-state index in [4.69, 9.17) is 0 Å². The number of hydrogen-bond donors (Lipinski definition) is 1. The van der Waals surface area contributed by atoms with Gasteiger partial charge in [-0.15, -0.1) is 0 Å². The van der Waals surface area contributed by atoms with E-state index in [-0.39, 0.29) is 0 Å². The zero-order valence-electron chi connectivity index (χ0n) is 7.20. The molecule has 1 aliphatic heterocycles. The first kappa shape index (κ1) is 7.64. The molecule has 0 spiro atoms. The maximum atomic E-state index is 3.46. The lowest BCUT2D eigenvalue weighted by atomic mass is 9.98. The highest BCUT2D eigenvalue weighted by atomic mass is 14.9. The van der Waals surface area contributed by atoms with Crippen molar-refractivity contribution in [3.63, 3.8) is 0 Å². The van der Waals surface area contributed by atoms with Gasteiger partial charge in [0.2, 0.25) is 0 Å². The molecule has 0 bridgehead atoms. The maximum Gasteiger partial charge on any atom is 0.0232 e. The van der Waals surface area contributed by atoms with Crippen LogP contribution in [-0.2, 0) is 0 Å². The third-order valence-electron chi connectivity index (χ3n) is 2.30. The fourth-order valence-corrected chi connectivity index (χ4v) is 1.56. The van der Waals surface area contributed by atoms with Gasteiger partial charge in [0.15, 0.2) is 0 Å². The second kappa shape index (κ2) is 3.09. The molecule has 1 unspecified atom stereocenters. The van der Waals surface area contributed by atoms with Crippen LogP contribution in [0.15, 0.2) is 11.3 Å². The highest BCUT2D eigenvalue weighted by Crippen LogP contribution is 2.19. The van der Waals surface area contributed by atoms with Gasteiger partial charge in [0.1, 0.15) is 0 Å². The summed E-state index contributed by atoms with van der Waals surface area (Å²) in [5.41, 5.74) is 3.03. The summed E-state index contributed by atoms with van der Waals surface area (Å²) in [5, 5.41) is 3.46. The normalized spacial score (nSPS) is 26.5. The molecule has 0 aromatic rings. The van der Waals surface area contributed by atoms with E-state index in [0.29, 0.717) is 6.04 Å². The molecule has 0 aliphatic carbocycles. The van der Waals surface area contributed by atoms with E-state index in [1.165, 1.54) is 25.0 Å². The predicted octanol–water partition coefficient (Wildman–Crippen LogP) is 2.44. The highest BCUT2D eigenvalue weighted by molar-refractivity contribution is 5.13. The van der Waals surface area contributed by atoms with Gasteiger partial charge in [-0.25, -0.2) is 0 Å². The molecule has 0 radical (unpaired) electrons. The van der Waals surface area contributed by atoms with Crippen LogP contribution in [0.3, 0.4) is 0 Å². The lowest BCUT2D eigenvalue weighted by Crippen LogP contribution is -2.29. The molecule has 1 N–H and O–H groups in total. The first-order valence-corrected chi connectivity index (χ1v) is 4.19. The van der Waals surface area contributed by atoms with E-state index in [9.17, 15) is 0 Å². The van der Waals surface area contributed by atoms with Crippen molar-refractivity contribution < 1.29 is 0 Å². The number of rotatable bonds is 1. The Morgan fingerprint density at radius 2 is 2.30 bits per heavy atom. The number of nitrogens with one attached hydrogen (secondary N) is 1. The Labute approximate surface area is 63.5 Å². The summed E-state index contributed by atoms with van der Waals surface area (Å²) in [5.74, 6) is 0. The fourth-order valence-electron chi connectivity index (χ4n) is 1.56. The SMILES string of the molecule is CCC1=C(C)NC(C)CC1. The molecule has 1 rings (SSSR count). The first-order valence-electron chi connectivity index (χ1n) is 4.19. The Morgan fingerprint density at radius 3 is 2.80 bits per heavy atom. The minimum atomic E-state index is 0.690. The monoisotopic (exact) mass is 139 g/mol. The second-order valence-corrected chi connectivity index (χ2v) is 3.17. The molecule has 1 atom stereocenters. The second-order valence-electron chi connectivity index (χ2n) is 3.17. The smallest absolute Gasteiger partial charge is 0.0232 e. The molecule has 58 valence electrons. The van der Waals surface area contributed by atoms with Gasteiger partial charge in [-0.1, -0.05) is 12.5 Å². The van der Waals surface area contributed by atoms with E-state index in [2.05, 4.69) is 26.1 Å². The van der Waals surface area contributed by atoms with E-state index < -0.39 is 0 Å². The van der Waals surface area contributed by atoms with Crippen molar-refractivity contribution in [2.45, 2.75) is 46.1 Å². The fraction of sp³-hybridized carbons (Fsp3) is 0.778. The molecule has 0 aromatic carbocycles.